The van der Waals surface area contributed by atoms with Crippen molar-refractivity contribution in [2.45, 2.75) is 6.54 Å². The van der Waals surface area contributed by atoms with Crippen LogP contribution in [0.2, 0.25) is 0 Å². The average molecular weight is 332 g/mol. The monoisotopic (exact) mass is 332 g/mol. The van der Waals surface area contributed by atoms with Gasteiger partial charge in [-0.25, -0.2) is 9.59 Å². The highest BCUT2D eigenvalue weighted by Crippen LogP contribution is 2.08. The van der Waals surface area contributed by atoms with E-state index in [2.05, 4.69) is 5.32 Å². The fraction of sp³-hybridized carbons (Fsp3) is 0.529. The number of carbonyl (C=O) groups is 2. The van der Waals surface area contributed by atoms with Crippen molar-refractivity contribution in [3.05, 3.63) is 35.9 Å². The van der Waals surface area contributed by atoms with Crippen LogP contribution < -0.4 is 5.32 Å². The minimum Gasteiger partial charge on any atom is -0.378 e. The van der Waals surface area contributed by atoms with Crippen molar-refractivity contribution in [3.8, 4) is 0 Å². The second kappa shape index (κ2) is 8.01. The molecule has 0 spiro atoms. The van der Waals surface area contributed by atoms with Gasteiger partial charge in [0.25, 0.3) is 0 Å². The molecule has 2 heterocycles. The molecule has 7 heteroatoms. The summed E-state index contributed by atoms with van der Waals surface area (Å²) in [7, 11) is 0. The summed E-state index contributed by atoms with van der Waals surface area (Å²) in [6.07, 6.45) is 0. The summed E-state index contributed by atoms with van der Waals surface area (Å²) in [6, 6.07) is 9.82. The van der Waals surface area contributed by atoms with Crippen LogP contribution in [-0.2, 0) is 11.3 Å². The van der Waals surface area contributed by atoms with Gasteiger partial charge >= 0.3 is 12.1 Å². The molecule has 0 atom stereocenters. The van der Waals surface area contributed by atoms with Gasteiger partial charge in [0.1, 0.15) is 0 Å². The lowest BCUT2D eigenvalue weighted by Crippen LogP contribution is -2.56. The van der Waals surface area contributed by atoms with Gasteiger partial charge in [-0.3, -0.25) is 0 Å². The number of hydrogen-bond donors (Lipinski definition) is 1. The van der Waals surface area contributed by atoms with Gasteiger partial charge in [-0.2, -0.15) is 0 Å². The van der Waals surface area contributed by atoms with E-state index in [4.69, 9.17) is 4.74 Å². The number of rotatable bonds is 2. The minimum absolute atomic E-state index is 0.0580. The smallest absolute Gasteiger partial charge is 0.320 e. The molecule has 0 aromatic heterocycles. The SMILES string of the molecule is O=C(NCc1ccccc1)N1CCN(C(=O)N2CCOCC2)CC1. The normalized spacial score (nSPS) is 18.4. The standard InChI is InChI=1S/C17H24N4O3/c22-16(18-14-15-4-2-1-3-5-15)19-6-8-20(9-7-19)17(23)21-10-12-24-13-11-21/h1-5H,6-14H2,(H,18,22). The Bertz CT molecular complexity index is 552. The molecule has 0 saturated carbocycles. The lowest BCUT2D eigenvalue weighted by molar-refractivity contribution is 0.0392. The highest BCUT2D eigenvalue weighted by Gasteiger charge is 2.27. The van der Waals surface area contributed by atoms with Gasteiger partial charge in [-0.1, -0.05) is 30.3 Å². The summed E-state index contributed by atoms with van der Waals surface area (Å²) in [6.45, 7) is 5.32. The molecule has 0 bridgehead atoms. The number of piperazine rings is 1. The fourth-order valence-electron chi connectivity index (χ4n) is 2.94. The van der Waals surface area contributed by atoms with E-state index in [-0.39, 0.29) is 12.1 Å². The molecule has 130 valence electrons. The van der Waals surface area contributed by atoms with Crippen LogP contribution in [0.5, 0.6) is 0 Å². The maximum absolute atomic E-state index is 12.4. The Hall–Kier alpha value is -2.28. The van der Waals surface area contributed by atoms with Gasteiger partial charge in [0.2, 0.25) is 0 Å². The highest BCUT2D eigenvalue weighted by atomic mass is 16.5. The van der Waals surface area contributed by atoms with E-state index in [1.165, 1.54) is 0 Å². The van der Waals surface area contributed by atoms with Gasteiger partial charge in [0.05, 0.1) is 13.2 Å². The second-order valence-electron chi connectivity index (χ2n) is 6.00. The zero-order valence-electron chi connectivity index (χ0n) is 13.8. The summed E-state index contributed by atoms with van der Waals surface area (Å²) in [5.74, 6) is 0. The lowest BCUT2D eigenvalue weighted by Gasteiger charge is -2.38. The van der Waals surface area contributed by atoms with E-state index in [0.717, 1.165) is 5.56 Å². The zero-order valence-corrected chi connectivity index (χ0v) is 13.8. The van der Waals surface area contributed by atoms with Crippen LogP contribution in [0.15, 0.2) is 30.3 Å². The molecule has 0 unspecified atom stereocenters. The number of benzene rings is 1. The maximum atomic E-state index is 12.4. The van der Waals surface area contributed by atoms with Crippen LogP contribution in [0.4, 0.5) is 9.59 Å². The van der Waals surface area contributed by atoms with Crippen molar-refractivity contribution in [2.24, 2.45) is 0 Å². The van der Waals surface area contributed by atoms with Crippen LogP contribution in [0, 0.1) is 0 Å². The third-order valence-electron chi connectivity index (χ3n) is 4.41. The zero-order chi connectivity index (χ0) is 16.8. The molecule has 7 nitrogen and oxygen atoms in total. The first-order valence-electron chi connectivity index (χ1n) is 8.42. The second-order valence-corrected chi connectivity index (χ2v) is 6.00. The predicted octanol–water partition coefficient (Wildman–Crippen LogP) is 0.966. The Balaban J connectivity index is 1.42. The molecule has 1 N–H and O–H groups in total. The Morgan fingerprint density at radius 2 is 1.46 bits per heavy atom. The van der Waals surface area contributed by atoms with Gasteiger partial charge in [0, 0.05) is 45.8 Å². The minimum atomic E-state index is -0.0719. The number of urea groups is 2. The molecule has 3 rings (SSSR count). The molecule has 1 aromatic rings. The third kappa shape index (κ3) is 4.17. The maximum Gasteiger partial charge on any atom is 0.320 e. The van der Waals surface area contributed by atoms with Crippen molar-refractivity contribution in [1.29, 1.82) is 0 Å². The Kier molecular flexibility index (Phi) is 5.53. The number of nitrogens with one attached hydrogen (secondary N) is 1. The summed E-state index contributed by atoms with van der Waals surface area (Å²) >= 11 is 0. The van der Waals surface area contributed by atoms with Crippen molar-refractivity contribution < 1.29 is 14.3 Å². The molecular weight excluding hydrogens is 308 g/mol. The molecule has 24 heavy (non-hydrogen) atoms. The molecule has 0 aliphatic carbocycles. The van der Waals surface area contributed by atoms with Crippen LogP contribution in [0.25, 0.3) is 0 Å². The van der Waals surface area contributed by atoms with E-state index in [0.29, 0.717) is 59.0 Å². The number of morpholine rings is 1. The Labute approximate surface area is 142 Å². The summed E-state index contributed by atoms with van der Waals surface area (Å²) in [5.41, 5.74) is 1.08. The number of nitrogens with zero attached hydrogens (tertiary/aromatic N) is 3. The largest absolute Gasteiger partial charge is 0.378 e. The van der Waals surface area contributed by atoms with Crippen molar-refractivity contribution in [3.63, 3.8) is 0 Å². The van der Waals surface area contributed by atoms with Gasteiger partial charge in [-0.15, -0.1) is 0 Å². The first kappa shape index (κ1) is 16.6. The molecule has 2 aliphatic heterocycles. The number of hydrogen-bond acceptors (Lipinski definition) is 3. The van der Waals surface area contributed by atoms with E-state index in [1.807, 2.05) is 40.1 Å². The van der Waals surface area contributed by atoms with E-state index in [9.17, 15) is 9.59 Å². The van der Waals surface area contributed by atoms with E-state index in [1.54, 1.807) is 4.90 Å². The first-order valence-corrected chi connectivity index (χ1v) is 8.42. The summed E-state index contributed by atoms with van der Waals surface area (Å²) < 4.78 is 5.28. The first-order chi connectivity index (χ1) is 11.7. The van der Waals surface area contributed by atoms with Gasteiger partial charge in [0.15, 0.2) is 0 Å². The molecule has 2 aliphatic rings. The fourth-order valence-corrected chi connectivity index (χ4v) is 2.94. The molecule has 2 saturated heterocycles. The highest BCUT2D eigenvalue weighted by molar-refractivity contribution is 5.76. The van der Waals surface area contributed by atoms with Crippen LogP contribution in [-0.4, -0.2) is 79.2 Å². The molecule has 4 amide bonds. The molecule has 1 aromatic carbocycles. The van der Waals surface area contributed by atoms with Gasteiger partial charge in [-0.05, 0) is 5.56 Å². The van der Waals surface area contributed by atoms with Crippen LogP contribution >= 0.6 is 0 Å². The number of amides is 4. The quantitative estimate of drug-likeness (QED) is 0.877. The lowest BCUT2D eigenvalue weighted by atomic mass is 10.2. The average Bonchev–Trinajstić information content (AvgIpc) is 2.67. The van der Waals surface area contributed by atoms with Crippen LogP contribution in [0.1, 0.15) is 5.56 Å². The molecule has 2 fully saturated rings. The molecular formula is C17H24N4O3. The van der Waals surface area contributed by atoms with E-state index >= 15 is 0 Å². The molecule has 0 radical (unpaired) electrons. The van der Waals surface area contributed by atoms with Crippen molar-refractivity contribution in [2.75, 3.05) is 52.5 Å². The summed E-state index contributed by atoms with van der Waals surface area (Å²) in [5, 5.41) is 2.93. The van der Waals surface area contributed by atoms with Crippen molar-refractivity contribution in [1.82, 2.24) is 20.0 Å². The number of ether oxygens (including phenoxy) is 1. The van der Waals surface area contributed by atoms with E-state index < -0.39 is 0 Å². The van der Waals surface area contributed by atoms with Crippen molar-refractivity contribution >= 4 is 12.1 Å². The predicted molar refractivity (Wildman–Crippen MR) is 89.6 cm³/mol. The number of carbonyl (C=O) groups excluding carboxylic acids is 2. The Morgan fingerprint density at radius 3 is 2.12 bits per heavy atom. The topological polar surface area (TPSA) is 65.1 Å². The van der Waals surface area contributed by atoms with Gasteiger partial charge < -0.3 is 24.8 Å². The third-order valence-corrected chi connectivity index (χ3v) is 4.41. The van der Waals surface area contributed by atoms with Crippen LogP contribution in [0.3, 0.4) is 0 Å². The summed E-state index contributed by atoms with van der Waals surface area (Å²) in [4.78, 5) is 30.1. The Morgan fingerprint density at radius 1 is 0.875 bits per heavy atom.